The molecule has 0 bridgehead atoms. The molecule has 0 aromatic heterocycles. The third kappa shape index (κ3) is 2.56. The Morgan fingerprint density at radius 3 is 1.21 bits per heavy atom. The van der Waals surface area contributed by atoms with Gasteiger partial charge in [-0.05, 0) is 55.4 Å². The molecule has 0 spiro atoms. The standard InChI is InChI=1S/C15H30N2O2/c1-12(2)9-18-14(5,6)16(12)11-17-13(3,4)10-19-15(17,7)8/h9-11H2,1-8H3. The van der Waals surface area contributed by atoms with E-state index in [0.717, 1.165) is 19.9 Å². The quantitative estimate of drug-likeness (QED) is 0.770. The van der Waals surface area contributed by atoms with Crippen molar-refractivity contribution in [3.63, 3.8) is 0 Å². The maximum Gasteiger partial charge on any atom is 0.117 e. The van der Waals surface area contributed by atoms with Gasteiger partial charge in [0.2, 0.25) is 0 Å². The van der Waals surface area contributed by atoms with Crippen molar-refractivity contribution < 1.29 is 9.47 Å². The van der Waals surface area contributed by atoms with Gasteiger partial charge in [0.1, 0.15) is 11.4 Å². The van der Waals surface area contributed by atoms with Crippen LogP contribution < -0.4 is 0 Å². The SMILES string of the molecule is CC1(C)COC(C)(C)N1CN1C(C)(C)COC1(C)C. The van der Waals surface area contributed by atoms with E-state index >= 15 is 0 Å². The number of hydrogen-bond donors (Lipinski definition) is 0. The lowest BCUT2D eigenvalue weighted by molar-refractivity contribution is -0.131. The second-order valence-corrected chi connectivity index (χ2v) is 8.09. The van der Waals surface area contributed by atoms with E-state index in [1.807, 2.05) is 0 Å². The van der Waals surface area contributed by atoms with Gasteiger partial charge < -0.3 is 9.47 Å². The van der Waals surface area contributed by atoms with E-state index in [1.54, 1.807) is 0 Å². The summed E-state index contributed by atoms with van der Waals surface area (Å²) in [6.45, 7) is 20.0. The summed E-state index contributed by atoms with van der Waals surface area (Å²) < 4.78 is 11.9. The number of hydrogen-bond acceptors (Lipinski definition) is 4. The topological polar surface area (TPSA) is 24.9 Å². The molecular weight excluding hydrogens is 240 g/mol. The summed E-state index contributed by atoms with van der Waals surface area (Å²) in [7, 11) is 0. The summed E-state index contributed by atoms with van der Waals surface area (Å²) in [5.41, 5.74) is -0.340. The lowest BCUT2D eigenvalue weighted by Crippen LogP contribution is -2.60. The van der Waals surface area contributed by atoms with Gasteiger partial charge in [-0.3, -0.25) is 9.80 Å². The molecule has 2 aliphatic heterocycles. The third-order valence-electron chi connectivity index (χ3n) is 4.60. The molecule has 2 rings (SSSR count). The van der Waals surface area contributed by atoms with E-state index in [2.05, 4.69) is 65.2 Å². The summed E-state index contributed by atoms with van der Waals surface area (Å²) >= 11 is 0. The minimum atomic E-state index is -0.224. The number of rotatable bonds is 2. The smallest absolute Gasteiger partial charge is 0.117 e. The van der Waals surface area contributed by atoms with Gasteiger partial charge in [0, 0.05) is 11.1 Å². The van der Waals surface area contributed by atoms with Gasteiger partial charge in [-0.2, -0.15) is 0 Å². The Hall–Kier alpha value is -0.160. The van der Waals surface area contributed by atoms with Gasteiger partial charge >= 0.3 is 0 Å². The molecule has 4 nitrogen and oxygen atoms in total. The van der Waals surface area contributed by atoms with Crippen LogP contribution in [0.2, 0.25) is 0 Å². The molecule has 112 valence electrons. The van der Waals surface area contributed by atoms with Gasteiger partial charge in [-0.1, -0.05) is 0 Å². The molecule has 2 saturated heterocycles. The Balaban J connectivity index is 2.24. The first kappa shape index (κ1) is 15.2. The van der Waals surface area contributed by atoms with Crippen molar-refractivity contribution in [3.05, 3.63) is 0 Å². The molecule has 0 radical (unpaired) electrons. The molecule has 0 N–H and O–H groups in total. The highest BCUT2D eigenvalue weighted by atomic mass is 16.5. The lowest BCUT2D eigenvalue weighted by Gasteiger charge is -2.46. The minimum absolute atomic E-state index is 0.0538. The highest BCUT2D eigenvalue weighted by Crippen LogP contribution is 2.40. The van der Waals surface area contributed by atoms with Crippen LogP contribution in [0.4, 0.5) is 0 Å². The fourth-order valence-electron chi connectivity index (χ4n) is 3.34. The van der Waals surface area contributed by atoms with Crippen LogP contribution in [0.3, 0.4) is 0 Å². The Bertz CT molecular complexity index is 295. The van der Waals surface area contributed by atoms with Crippen LogP contribution in [0.15, 0.2) is 0 Å². The summed E-state index contributed by atoms with van der Waals surface area (Å²) in [4.78, 5) is 4.89. The first-order valence-corrected chi connectivity index (χ1v) is 7.22. The zero-order valence-corrected chi connectivity index (χ0v) is 13.8. The molecule has 0 unspecified atom stereocenters. The fourth-order valence-corrected chi connectivity index (χ4v) is 3.34. The van der Waals surface area contributed by atoms with E-state index in [4.69, 9.17) is 9.47 Å². The third-order valence-corrected chi connectivity index (χ3v) is 4.60. The van der Waals surface area contributed by atoms with Gasteiger partial charge in [0.25, 0.3) is 0 Å². The maximum atomic E-state index is 5.97. The van der Waals surface area contributed by atoms with E-state index in [1.165, 1.54) is 0 Å². The predicted molar refractivity (Wildman–Crippen MR) is 76.8 cm³/mol. The molecule has 0 atom stereocenters. The van der Waals surface area contributed by atoms with Crippen molar-refractivity contribution in [2.24, 2.45) is 0 Å². The zero-order valence-electron chi connectivity index (χ0n) is 13.8. The second-order valence-electron chi connectivity index (χ2n) is 8.09. The van der Waals surface area contributed by atoms with E-state index in [9.17, 15) is 0 Å². The molecule has 4 heteroatoms. The van der Waals surface area contributed by atoms with Crippen LogP contribution in [0, 0.1) is 0 Å². The average Bonchev–Trinajstić information content (AvgIpc) is 2.55. The van der Waals surface area contributed by atoms with Crippen LogP contribution in [0.5, 0.6) is 0 Å². The zero-order chi connectivity index (χ0) is 14.7. The van der Waals surface area contributed by atoms with Crippen molar-refractivity contribution in [1.82, 2.24) is 9.80 Å². The molecule has 19 heavy (non-hydrogen) atoms. The second kappa shape index (κ2) is 4.17. The van der Waals surface area contributed by atoms with Crippen molar-refractivity contribution in [3.8, 4) is 0 Å². The van der Waals surface area contributed by atoms with Crippen molar-refractivity contribution in [2.45, 2.75) is 77.9 Å². The van der Waals surface area contributed by atoms with Gasteiger partial charge in [0.05, 0.1) is 19.9 Å². The van der Waals surface area contributed by atoms with Gasteiger partial charge in [0.15, 0.2) is 0 Å². The Labute approximate surface area is 118 Å². The monoisotopic (exact) mass is 270 g/mol. The Morgan fingerprint density at radius 1 is 0.684 bits per heavy atom. The number of nitrogens with zero attached hydrogens (tertiary/aromatic N) is 2. The summed E-state index contributed by atoms with van der Waals surface area (Å²) in [5.74, 6) is 0. The van der Waals surface area contributed by atoms with Crippen molar-refractivity contribution in [2.75, 3.05) is 19.9 Å². The Morgan fingerprint density at radius 2 is 1.00 bits per heavy atom. The van der Waals surface area contributed by atoms with E-state index < -0.39 is 0 Å². The highest BCUT2D eigenvalue weighted by Gasteiger charge is 2.52. The van der Waals surface area contributed by atoms with E-state index in [-0.39, 0.29) is 22.5 Å². The average molecular weight is 270 g/mol. The highest BCUT2D eigenvalue weighted by molar-refractivity contribution is 4.99. The summed E-state index contributed by atoms with van der Waals surface area (Å²) in [6, 6.07) is 0. The van der Waals surface area contributed by atoms with Crippen molar-refractivity contribution >= 4 is 0 Å². The first-order chi connectivity index (χ1) is 8.39. The lowest BCUT2D eigenvalue weighted by atomic mass is 10.0. The molecular formula is C15H30N2O2. The minimum Gasteiger partial charge on any atom is -0.359 e. The molecule has 0 aliphatic carbocycles. The molecule has 2 fully saturated rings. The normalized spacial score (nSPS) is 32.8. The molecule has 2 aliphatic rings. The number of ether oxygens (including phenoxy) is 2. The summed E-state index contributed by atoms with van der Waals surface area (Å²) in [5, 5.41) is 0. The molecule has 0 aromatic rings. The molecule has 0 saturated carbocycles. The van der Waals surface area contributed by atoms with Crippen LogP contribution in [-0.4, -0.2) is 52.2 Å². The fraction of sp³-hybridized carbons (Fsp3) is 1.00. The van der Waals surface area contributed by atoms with E-state index in [0.29, 0.717) is 0 Å². The predicted octanol–water partition coefficient (Wildman–Crippen LogP) is 2.64. The van der Waals surface area contributed by atoms with Gasteiger partial charge in [-0.25, -0.2) is 0 Å². The summed E-state index contributed by atoms with van der Waals surface area (Å²) in [6.07, 6.45) is 0. The van der Waals surface area contributed by atoms with Crippen LogP contribution >= 0.6 is 0 Å². The molecule has 0 amide bonds. The molecule has 0 aromatic carbocycles. The van der Waals surface area contributed by atoms with Crippen LogP contribution in [-0.2, 0) is 9.47 Å². The largest absolute Gasteiger partial charge is 0.359 e. The van der Waals surface area contributed by atoms with Crippen LogP contribution in [0.25, 0.3) is 0 Å². The maximum absolute atomic E-state index is 5.97. The Kier molecular flexibility index (Phi) is 3.34. The molecule has 2 heterocycles. The first-order valence-electron chi connectivity index (χ1n) is 7.22. The van der Waals surface area contributed by atoms with Crippen LogP contribution in [0.1, 0.15) is 55.4 Å². The van der Waals surface area contributed by atoms with Crippen molar-refractivity contribution in [1.29, 1.82) is 0 Å². The van der Waals surface area contributed by atoms with Gasteiger partial charge in [-0.15, -0.1) is 0 Å².